The van der Waals surface area contributed by atoms with Crippen LogP contribution in [0.1, 0.15) is 38.2 Å². The average Bonchev–Trinajstić information content (AvgIpc) is 2.71. The maximum absolute atomic E-state index is 10.5. The quantitative estimate of drug-likeness (QED) is 0.801. The molecule has 0 heterocycles. The van der Waals surface area contributed by atoms with Gasteiger partial charge in [-0.05, 0) is 31.2 Å². The van der Waals surface area contributed by atoms with Gasteiger partial charge >= 0.3 is 0 Å². The largest absolute Gasteiger partial charge is 0.390 e. The van der Waals surface area contributed by atoms with Crippen molar-refractivity contribution >= 4 is 0 Å². The van der Waals surface area contributed by atoms with Crippen LogP contribution in [0.15, 0.2) is 30.3 Å². The van der Waals surface area contributed by atoms with Gasteiger partial charge in [0.1, 0.15) is 0 Å². The van der Waals surface area contributed by atoms with Gasteiger partial charge in [0.25, 0.3) is 0 Å². The lowest BCUT2D eigenvalue weighted by Gasteiger charge is -2.30. The molecule has 0 bridgehead atoms. The summed E-state index contributed by atoms with van der Waals surface area (Å²) in [6.07, 6.45) is 5.75. The van der Waals surface area contributed by atoms with Crippen LogP contribution in [0.4, 0.5) is 0 Å². The Morgan fingerprint density at radius 1 is 1.20 bits per heavy atom. The molecule has 15 heavy (non-hydrogen) atoms. The Labute approximate surface area is 92.1 Å². The number of aliphatic hydroxyl groups is 1. The summed E-state index contributed by atoms with van der Waals surface area (Å²) in [5, 5.41) is 10.5. The first-order valence-corrected chi connectivity index (χ1v) is 5.95. The smallest absolute Gasteiger partial charge is 0.0687 e. The van der Waals surface area contributed by atoms with Crippen molar-refractivity contribution in [3.63, 3.8) is 0 Å². The van der Waals surface area contributed by atoms with E-state index in [1.807, 2.05) is 25.1 Å². The van der Waals surface area contributed by atoms with E-state index in [4.69, 9.17) is 0 Å². The van der Waals surface area contributed by atoms with Gasteiger partial charge in [0.15, 0.2) is 0 Å². The third kappa shape index (κ3) is 2.60. The van der Waals surface area contributed by atoms with E-state index < -0.39 is 5.60 Å². The minimum absolute atomic E-state index is 0.498. The van der Waals surface area contributed by atoms with E-state index >= 15 is 0 Å². The molecule has 82 valence electrons. The summed E-state index contributed by atoms with van der Waals surface area (Å²) in [7, 11) is 0. The predicted molar refractivity (Wildman–Crippen MR) is 62.7 cm³/mol. The summed E-state index contributed by atoms with van der Waals surface area (Å²) in [6, 6.07) is 10.3. The summed E-state index contributed by atoms with van der Waals surface area (Å²) in [5.41, 5.74) is 0.729. The first-order chi connectivity index (χ1) is 7.18. The number of hydrogen-bond donors (Lipinski definition) is 1. The molecule has 2 rings (SSSR count). The summed E-state index contributed by atoms with van der Waals surface area (Å²) in [5.74, 6) is 0.498. The fourth-order valence-corrected chi connectivity index (χ4v) is 2.70. The van der Waals surface area contributed by atoms with E-state index in [0.717, 1.165) is 6.42 Å². The Hall–Kier alpha value is -0.820. The third-order valence-electron chi connectivity index (χ3n) is 3.64. The maximum Gasteiger partial charge on any atom is 0.0687 e. The van der Waals surface area contributed by atoms with Crippen molar-refractivity contribution in [2.24, 2.45) is 5.92 Å². The Morgan fingerprint density at radius 2 is 1.80 bits per heavy atom. The molecule has 0 spiro atoms. The van der Waals surface area contributed by atoms with Crippen molar-refractivity contribution in [1.82, 2.24) is 0 Å². The van der Waals surface area contributed by atoms with E-state index in [0.29, 0.717) is 5.92 Å². The molecule has 1 saturated carbocycles. The highest BCUT2D eigenvalue weighted by Gasteiger charge is 2.33. The lowest BCUT2D eigenvalue weighted by atomic mass is 9.83. The molecule has 1 unspecified atom stereocenters. The molecule has 0 aromatic heterocycles. The van der Waals surface area contributed by atoms with Gasteiger partial charge in [-0.3, -0.25) is 0 Å². The Kier molecular flexibility index (Phi) is 3.11. The standard InChI is InChI=1S/C14H20O/c1-14(15,13-9-5-6-10-13)11-12-7-3-2-4-8-12/h2-4,7-8,13,15H,5-6,9-11H2,1H3. The Morgan fingerprint density at radius 3 is 2.40 bits per heavy atom. The number of hydrogen-bond acceptors (Lipinski definition) is 1. The molecular formula is C14H20O. The first kappa shape index (κ1) is 10.7. The molecule has 1 nitrogen and oxygen atoms in total. The van der Waals surface area contributed by atoms with Crippen LogP contribution in [0.2, 0.25) is 0 Å². The zero-order chi connectivity index (χ0) is 10.7. The lowest BCUT2D eigenvalue weighted by Crippen LogP contribution is -2.35. The zero-order valence-corrected chi connectivity index (χ0v) is 9.45. The van der Waals surface area contributed by atoms with Crippen molar-refractivity contribution in [2.75, 3.05) is 0 Å². The van der Waals surface area contributed by atoms with Gasteiger partial charge in [0.2, 0.25) is 0 Å². The topological polar surface area (TPSA) is 20.2 Å². The monoisotopic (exact) mass is 204 g/mol. The van der Waals surface area contributed by atoms with Crippen LogP contribution in [-0.2, 0) is 6.42 Å². The molecule has 1 aliphatic carbocycles. The van der Waals surface area contributed by atoms with Crippen LogP contribution < -0.4 is 0 Å². The fraction of sp³-hybridized carbons (Fsp3) is 0.571. The molecule has 1 atom stereocenters. The van der Waals surface area contributed by atoms with E-state index in [1.54, 1.807) is 0 Å². The number of benzene rings is 1. The minimum Gasteiger partial charge on any atom is -0.390 e. The van der Waals surface area contributed by atoms with Crippen LogP contribution in [0.25, 0.3) is 0 Å². The van der Waals surface area contributed by atoms with Gasteiger partial charge in [-0.25, -0.2) is 0 Å². The highest BCUT2D eigenvalue weighted by Crippen LogP contribution is 2.35. The lowest BCUT2D eigenvalue weighted by molar-refractivity contribution is 0.00193. The van der Waals surface area contributed by atoms with Gasteiger partial charge in [0.05, 0.1) is 5.60 Å². The van der Waals surface area contributed by atoms with Gasteiger partial charge in [-0.2, -0.15) is 0 Å². The fourth-order valence-electron chi connectivity index (χ4n) is 2.70. The minimum atomic E-state index is -0.516. The molecular weight excluding hydrogens is 184 g/mol. The van der Waals surface area contributed by atoms with Crippen LogP contribution >= 0.6 is 0 Å². The first-order valence-electron chi connectivity index (χ1n) is 5.95. The van der Waals surface area contributed by atoms with Crippen molar-refractivity contribution < 1.29 is 5.11 Å². The van der Waals surface area contributed by atoms with Crippen molar-refractivity contribution in [3.8, 4) is 0 Å². The normalized spacial score (nSPS) is 21.5. The van der Waals surface area contributed by atoms with Gasteiger partial charge in [0, 0.05) is 6.42 Å². The molecule has 1 N–H and O–H groups in total. The second-order valence-corrected chi connectivity index (χ2v) is 5.00. The van der Waals surface area contributed by atoms with E-state index in [-0.39, 0.29) is 0 Å². The van der Waals surface area contributed by atoms with Crippen molar-refractivity contribution in [1.29, 1.82) is 0 Å². The Balaban J connectivity index is 2.03. The van der Waals surface area contributed by atoms with Crippen molar-refractivity contribution in [2.45, 2.75) is 44.6 Å². The van der Waals surface area contributed by atoms with Gasteiger partial charge in [-0.1, -0.05) is 43.2 Å². The molecule has 0 radical (unpaired) electrons. The zero-order valence-electron chi connectivity index (χ0n) is 9.45. The third-order valence-corrected chi connectivity index (χ3v) is 3.64. The molecule has 0 amide bonds. The Bertz CT molecular complexity index is 296. The van der Waals surface area contributed by atoms with Crippen LogP contribution in [0, 0.1) is 5.92 Å². The summed E-state index contributed by atoms with van der Waals surface area (Å²) in [4.78, 5) is 0. The summed E-state index contributed by atoms with van der Waals surface area (Å²) in [6.45, 7) is 2.00. The molecule has 1 fully saturated rings. The second-order valence-electron chi connectivity index (χ2n) is 5.00. The summed E-state index contributed by atoms with van der Waals surface area (Å²) < 4.78 is 0. The highest BCUT2D eigenvalue weighted by atomic mass is 16.3. The molecule has 0 saturated heterocycles. The van der Waals surface area contributed by atoms with E-state index in [1.165, 1.54) is 31.2 Å². The van der Waals surface area contributed by atoms with E-state index in [2.05, 4.69) is 12.1 Å². The van der Waals surface area contributed by atoms with Gasteiger partial charge in [-0.15, -0.1) is 0 Å². The highest BCUT2D eigenvalue weighted by molar-refractivity contribution is 5.17. The predicted octanol–water partition coefficient (Wildman–Crippen LogP) is 3.17. The number of rotatable bonds is 3. The molecule has 0 aliphatic heterocycles. The molecule has 1 heteroatoms. The molecule has 1 aromatic rings. The molecule has 1 aromatic carbocycles. The summed E-state index contributed by atoms with van der Waals surface area (Å²) >= 11 is 0. The van der Waals surface area contributed by atoms with Crippen molar-refractivity contribution in [3.05, 3.63) is 35.9 Å². The van der Waals surface area contributed by atoms with Crippen LogP contribution in [-0.4, -0.2) is 10.7 Å². The van der Waals surface area contributed by atoms with Crippen LogP contribution in [0.3, 0.4) is 0 Å². The van der Waals surface area contributed by atoms with Crippen LogP contribution in [0.5, 0.6) is 0 Å². The van der Waals surface area contributed by atoms with Gasteiger partial charge < -0.3 is 5.11 Å². The average molecular weight is 204 g/mol. The SMILES string of the molecule is CC(O)(Cc1ccccc1)C1CCCC1. The maximum atomic E-state index is 10.5. The van der Waals surface area contributed by atoms with E-state index in [9.17, 15) is 5.11 Å². The molecule has 1 aliphatic rings. The second kappa shape index (κ2) is 4.36.